The fraction of sp³-hybridized carbons (Fsp3) is 0.318. The van der Waals surface area contributed by atoms with E-state index in [0.717, 1.165) is 17.5 Å². The molecule has 1 aromatic heterocycles. The maximum absolute atomic E-state index is 12.7. The second kappa shape index (κ2) is 9.23. The van der Waals surface area contributed by atoms with E-state index < -0.39 is 0 Å². The molecular formula is C22H26N4O3. The molecule has 152 valence electrons. The number of anilines is 1. The quantitative estimate of drug-likeness (QED) is 0.611. The van der Waals surface area contributed by atoms with Gasteiger partial charge in [0.15, 0.2) is 0 Å². The Kier molecular flexibility index (Phi) is 6.49. The molecule has 2 N–H and O–H groups in total. The standard InChI is InChI=1S/C22H26N4O3/c1-4-8-20(27)23-15(2)22-25-18-11-5-6-12-19(18)26(22)14-21(28)24-16-9-7-10-17(13-16)29-3/h5-7,9-13,15H,4,8,14H2,1-3H3,(H,23,27)(H,24,28). The lowest BCUT2D eigenvalue weighted by atomic mass is 10.2. The monoisotopic (exact) mass is 394 g/mol. The van der Waals surface area contributed by atoms with Crippen molar-refractivity contribution >= 4 is 28.5 Å². The third-order valence-electron chi connectivity index (χ3n) is 4.58. The third-order valence-corrected chi connectivity index (χ3v) is 4.58. The van der Waals surface area contributed by atoms with Crippen molar-refractivity contribution in [3.63, 3.8) is 0 Å². The third kappa shape index (κ3) is 4.93. The van der Waals surface area contributed by atoms with Crippen LogP contribution in [0, 0.1) is 0 Å². The number of hydrogen-bond acceptors (Lipinski definition) is 4. The lowest BCUT2D eigenvalue weighted by Gasteiger charge is -2.16. The number of benzene rings is 2. The first kappa shape index (κ1) is 20.4. The average Bonchev–Trinajstić information content (AvgIpc) is 3.07. The molecule has 3 rings (SSSR count). The summed E-state index contributed by atoms with van der Waals surface area (Å²) in [7, 11) is 1.58. The van der Waals surface area contributed by atoms with Gasteiger partial charge < -0.3 is 19.9 Å². The molecule has 1 heterocycles. The zero-order valence-electron chi connectivity index (χ0n) is 16.9. The molecule has 0 saturated carbocycles. The molecule has 7 nitrogen and oxygen atoms in total. The summed E-state index contributed by atoms with van der Waals surface area (Å²) < 4.78 is 7.05. The predicted molar refractivity (Wildman–Crippen MR) is 113 cm³/mol. The van der Waals surface area contributed by atoms with Gasteiger partial charge in [-0.15, -0.1) is 0 Å². The van der Waals surface area contributed by atoms with Crippen molar-refractivity contribution in [1.82, 2.24) is 14.9 Å². The lowest BCUT2D eigenvalue weighted by molar-refractivity contribution is -0.121. The summed E-state index contributed by atoms with van der Waals surface area (Å²) in [5.74, 6) is 1.11. The predicted octanol–water partition coefficient (Wildman–Crippen LogP) is 3.66. The number of rotatable bonds is 8. The molecule has 0 spiro atoms. The summed E-state index contributed by atoms with van der Waals surface area (Å²) >= 11 is 0. The fourth-order valence-corrected chi connectivity index (χ4v) is 3.24. The molecule has 0 bridgehead atoms. The van der Waals surface area contributed by atoms with Crippen LogP contribution in [0.15, 0.2) is 48.5 Å². The Morgan fingerprint density at radius 2 is 1.93 bits per heavy atom. The molecule has 2 amide bonds. The van der Waals surface area contributed by atoms with Gasteiger partial charge in [0.2, 0.25) is 11.8 Å². The molecule has 0 aliphatic rings. The molecule has 0 aliphatic heterocycles. The molecule has 2 aromatic carbocycles. The first-order valence-electron chi connectivity index (χ1n) is 9.70. The van der Waals surface area contributed by atoms with Crippen molar-refractivity contribution in [2.75, 3.05) is 12.4 Å². The van der Waals surface area contributed by atoms with Crippen LogP contribution in [-0.2, 0) is 16.1 Å². The van der Waals surface area contributed by atoms with E-state index in [0.29, 0.717) is 23.7 Å². The summed E-state index contributed by atoms with van der Waals surface area (Å²) in [4.78, 5) is 29.4. The minimum absolute atomic E-state index is 0.0283. The van der Waals surface area contributed by atoms with Gasteiger partial charge in [-0.2, -0.15) is 0 Å². The highest BCUT2D eigenvalue weighted by atomic mass is 16.5. The van der Waals surface area contributed by atoms with Gasteiger partial charge in [0, 0.05) is 18.2 Å². The number of carbonyl (C=O) groups is 2. The Morgan fingerprint density at radius 3 is 2.69 bits per heavy atom. The largest absolute Gasteiger partial charge is 0.497 e. The van der Waals surface area contributed by atoms with Crippen LogP contribution in [0.25, 0.3) is 11.0 Å². The van der Waals surface area contributed by atoms with E-state index in [9.17, 15) is 9.59 Å². The summed E-state index contributed by atoms with van der Waals surface area (Å²) in [6, 6.07) is 14.5. The first-order chi connectivity index (χ1) is 14.0. The Bertz CT molecular complexity index is 1010. The van der Waals surface area contributed by atoms with Crippen LogP contribution in [-0.4, -0.2) is 28.5 Å². The Labute approximate surface area is 170 Å². The second-order valence-corrected chi connectivity index (χ2v) is 6.86. The summed E-state index contributed by atoms with van der Waals surface area (Å²) in [6.07, 6.45) is 1.23. The van der Waals surface area contributed by atoms with Gasteiger partial charge >= 0.3 is 0 Å². The second-order valence-electron chi connectivity index (χ2n) is 6.86. The van der Waals surface area contributed by atoms with Gasteiger partial charge in [0.1, 0.15) is 18.1 Å². The number of amides is 2. The highest BCUT2D eigenvalue weighted by Gasteiger charge is 2.20. The van der Waals surface area contributed by atoms with E-state index in [2.05, 4.69) is 15.6 Å². The number of fused-ring (bicyclic) bond motifs is 1. The van der Waals surface area contributed by atoms with Crippen LogP contribution in [0.3, 0.4) is 0 Å². The molecule has 7 heteroatoms. The van der Waals surface area contributed by atoms with Crippen molar-refractivity contribution in [1.29, 1.82) is 0 Å². The fourth-order valence-electron chi connectivity index (χ4n) is 3.24. The van der Waals surface area contributed by atoms with Crippen LogP contribution >= 0.6 is 0 Å². The highest BCUT2D eigenvalue weighted by molar-refractivity contribution is 5.92. The molecule has 1 atom stereocenters. The van der Waals surface area contributed by atoms with Gasteiger partial charge in [-0.25, -0.2) is 4.98 Å². The van der Waals surface area contributed by atoms with E-state index in [4.69, 9.17) is 4.74 Å². The number of imidazole rings is 1. The average molecular weight is 394 g/mol. The molecule has 3 aromatic rings. The van der Waals surface area contributed by atoms with Gasteiger partial charge in [0.05, 0.1) is 24.2 Å². The van der Waals surface area contributed by atoms with Crippen LogP contribution in [0.4, 0.5) is 5.69 Å². The highest BCUT2D eigenvalue weighted by Crippen LogP contribution is 2.22. The number of nitrogens with one attached hydrogen (secondary N) is 2. The summed E-state index contributed by atoms with van der Waals surface area (Å²) in [6.45, 7) is 3.93. The zero-order chi connectivity index (χ0) is 20.8. The van der Waals surface area contributed by atoms with E-state index in [1.807, 2.05) is 54.8 Å². The molecule has 0 saturated heterocycles. The summed E-state index contributed by atoms with van der Waals surface area (Å²) in [5, 5.41) is 5.86. The minimum Gasteiger partial charge on any atom is -0.497 e. The number of hydrogen-bond donors (Lipinski definition) is 2. The normalized spacial score (nSPS) is 11.8. The number of carbonyl (C=O) groups excluding carboxylic acids is 2. The van der Waals surface area contributed by atoms with Gasteiger partial charge in [-0.05, 0) is 37.6 Å². The lowest BCUT2D eigenvalue weighted by Crippen LogP contribution is -2.29. The Morgan fingerprint density at radius 1 is 1.14 bits per heavy atom. The molecule has 0 fully saturated rings. The van der Waals surface area contributed by atoms with Crippen molar-refractivity contribution in [2.45, 2.75) is 39.3 Å². The maximum atomic E-state index is 12.7. The van der Waals surface area contributed by atoms with Crippen LogP contribution in [0.1, 0.15) is 38.6 Å². The number of aromatic nitrogens is 2. The minimum atomic E-state index is -0.314. The smallest absolute Gasteiger partial charge is 0.244 e. The molecule has 0 radical (unpaired) electrons. The number of para-hydroxylation sites is 2. The van der Waals surface area contributed by atoms with Gasteiger partial charge in [-0.3, -0.25) is 9.59 Å². The molecular weight excluding hydrogens is 368 g/mol. The summed E-state index contributed by atoms with van der Waals surface area (Å²) in [5.41, 5.74) is 2.29. The number of methoxy groups -OCH3 is 1. The number of nitrogens with zero attached hydrogens (tertiary/aromatic N) is 2. The molecule has 1 unspecified atom stereocenters. The molecule has 29 heavy (non-hydrogen) atoms. The topological polar surface area (TPSA) is 85.2 Å². The van der Waals surface area contributed by atoms with Gasteiger partial charge in [0.25, 0.3) is 0 Å². The van der Waals surface area contributed by atoms with Crippen molar-refractivity contribution in [3.8, 4) is 5.75 Å². The van der Waals surface area contributed by atoms with E-state index in [1.165, 1.54) is 0 Å². The SMILES string of the molecule is CCCC(=O)NC(C)c1nc2ccccc2n1CC(=O)Nc1cccc(OC)c1. The number of ether oxygens (including phenoxy) is 1. The van der Waals surface area contributed by atoms with Crippen molar-refractivity contribution in [3.05, 3.63) is 54.4 Å². The van der Waals surface area contributed by atoms with Crippen LogP contribution in [0.2, 0.25) is 0 Å². The Hall–Kier alpha value is -3.35. The maximum Gasteiger partial charge on any atom is 0.244 e. The van der Waals surface area contributed by atoms with E-state index in [-0.39, 0.29) is 24.4 Å². The van der Waals surface area contributed by atoms with Crippen LogP contribution in [0.5, 0.6) is 5.75 Å². The molecule has 0 aliphatic carbocycles. The van der Waals surface area contributed by atoms with Crippen molar-refractivity contribution in [2.24, 2.45) is 0 Å². The zero-order valence-corrected chi connectivity index (χ0v) is 16.9. The van der Waals surface area contributed by atoms with Crippen molar-refractivity contribution < 1.29 is 14.3 Å². The van der Waals surface area contributed by atoms with Crippen LogP contribution < -0.4 is 15.4 Å². The van der Waals surface area contributed by atoms with E-state index in [1.54, 1.807) is 19.2 Å². The Balaban J connectivity index is 1.84. The first-order valence-corrected chi connectivity index (χ1v) is 9.70. The van der Waals surface area contributed by atoms with E-state index >= 15 is 0 Å². The van der Waals surface area contributed by atoms with Gasteiger partial charge in [-0.1, -0.05) is 25.1 Å².